The van der Waals surface area contributed by atoms with E-state index in [4.69, 9.17) is 9.84 Å². The summed E-state index contributed by atoms with van der Waals surface area (Å²) < 4.78 is 5.69. The van der Waals surface area contributed by atoms with E-state index in [1.165, 1.54) is 4.90 Å². The molecule has 2 amide bonds. The van der Waals surface area contributed by atoms with Gasteiger partial charge in [-0.2, -0.15) is 0 Å². The highest BCUT2D eigenvalue weighted by molar-refractivity contribution is 5.76. The van der Waals surface area contributed by atoms with Gasteiger partial charge in [0.1, 0.15) is 5.75 Å². The average molecular weight is 350 g/mol. The van der Waals surface area contributed by atoms with E-state index < -0.39 is 11.9 Å². The van der Waals surface area contributed by atoms with Gasteiger partial charge in [0.2, 0.25) is 0 Å². The molecule has 0 bridgehead atoms. The molecule has 0 aliphatic heterocycles. The molecular formula is C19H30N2O4. The number of nitrogens with one attached hydrogen (secondary N) is 1. The molecule has 140 valence electrons. The van der Waals surface area contributed by atoms with Crippen LogP contribution in [-0.4, -0.2) is 42.2 Å². The summed E-state index contributed by atoms with van der Waals surface area (Å²) in [5.41, 5.74) is 0.936. The van der Waals surface area contributed by atoms with E-state index in [0.717, 1.165) is 17.7 Å². The summed E-state index contributed by atoms with van der Waals surface area (Å²) in [5.74, 6) is -0.393. The van der Waals surface area contributed by atoms with Crippen molar-refractivity contribution in [3.63, 3.8) is 0 Å². The van der Waals surface area contributed by atoms with Gasteiger partial charge in [-0.1, -0.05) is 39.0 Å². The number of aliphatic carboxylic acids is 1. The lowest BCUT2D eigenvalue weighted by Crippen LogP contribution is -2.42. The number of urea groups is 1. The van der Waals surface area contributed by atoms with E-state index in [0.29, 0.717) is 12.5 Å². The van der Waals surface area contributed by atoms with Gasteiger partial charge in [-0.05, 0) is 25.3 Å². The number of carboxylic acid groups (broad SMARTS) is 1. The first-order chi connectivity index (χ1) is 11.8. The second-order valence-electron chi connectivity index (χ2n) is 6.72. The number of nitrogens with zero attached hydrogens (tertiary/aromatic N) is 1. The quantitative estimate of drug-likeness (QED) is 0.714. The molecule has 2 unspecified atom stereocenters. The summed E-state index contributed by atoms with van der Waals surface area (Å²) in [6.45, 7) is 8.41. The van der Waals surface area contributed by atoms with Crippen LogP contribution in [0.15, 0.2) is 24.3 Å². The second-order valence-corrected chi connectivity index (χ2v) is 6.72. The third-order valence-corrected chi connectivity index (χ3v) is 3.92. The van der Waals surface area contributed by atoms with Crippen molar-refractivity contribution in [3.8, 4) is 5.75 Å². The van der Waals surface area contributed by atoms with Gasteiger partial charge in [-0.3, -0.25) is 4.79 Å². The van der Waals surface area contributed by atoms with Crippen LogP contribution in [0.3, 0.4) is 0 Å². The molecule has 1 aromatic rings. The molecule has 6 heteroatoms. The van der Waals surface area contributed by atoms with Crippen molar-refractivity contribution in [2.45, 2.75) is 40.2 Å². The minimum Gasteiger partial charge on any atom is -0.494 e. The van der Waals surface area contributed by atoms with Crippen LogP contribution in [0.4, 0.5) is 4.79 Å². The maximum Gasteiger partial charge on any atom is 0.317 e. The fraction of sp³-hybridized carbons (Fsp3) is 0.579. The van der Waals surface area contributed by atoms with Gasteiger partial charge in [0.15, 0.2) is 0 Å². The van der Waals surface area contributed by atoms with Crippen molar-refractivity contribution in [1.29, 1.82) is 0 Å². The monoisotopic (exact) mass is 350 g/mol. The number of hydrogen-bond donors (Lipinski definition) is 2. The molecule has 0 aromatic heterocycles. The molecule has 0 radical (unpaired) electrons. The molecule has 1 rings (SSSR count). The maximum absolute atomic E-state index is 12.5. The van der Waals surface area contributed by atoms with Gasteiger partial charge < -0.3 is 20.1 Å². The first kappa shape index (κ1) is 20.8. The van der Waals surface area contributed by atoms with E-state index >= 15 is 0 Å². The van der Waals surface area contributed by atoms with Crippen molar-refractivity contribution in [2.24, 2.45) is 11.8 Å². The Bertz CT molecular complexity index is 574. The van der Waals surface area contributed by atoms with Crippen LogP contribution in [0.2, 0.25) is 0 Å². The van der Waals surface area contributed by atoms with Crippen LogP contribution in [0, 0.1) is 11.8 Å². The van der Waals surface area contributed by atoms with Crippen molar-refractivity contribution in [2.75, 3.05) is 20.2 Å². The smallest absolute Gasteiger partial charge is 0.317 e. The van der Waals surface area contributed by atoms with Gasteiger partial charge in [0, 0.05) is 19.2 Å². The zero-order valence-electron chi connectivity index (χ0n) is 15.8. The summed E-state index contributed by atoms with van der Waals surface area (Å²) >= 11 is 0. The normalized spacial score (nSPS) is 13.2. The van der Waals surface area contributed by atoms with Crippen molar-refractivity contribution in [3.05, 3.63) is 29.8 Å². The lowest BCUT2D eigenvalue weighted by molar-refractivity contribution is -0.141. The number of amides is 2. The fourth-order valence-corrected chi connectivity index (χ4v) is 2.62. The second kappa shape index (κ2) is 9.91. The summed E-state index contributed by atoms with van der Waals surface area (Å²) in [5, 5.41) is 12.0. The molecule has 2 N–H and O–H groups in total. The molecule has 0 aliphatic rings. The Kier molecular flexibility index (Phi) is 8.25. The largest absolute Gasteiger partial charge is 0.494 e. The molecular weight excluding hydrogens is 320 g/mol. The Labute approximate surface area is 150 Å². The molecule has 2 atom stereocenters. The molecule has 0 fully saturated rings. The average Bonchev–Trinajstić information content (AvgIpc) is 2.54. The van der Waals surface area contributed by atoms with Crippen LogP contribution < -0.4 is 10.1 Å². The highest BCUT2D eigenvalue weighted by Gasteiger charge is 2.23. The molecule has 1 aromatic carbocycles. The summed E-state index contributed by atoms with van der Waals surface area (Å²) in [4.78, 5) is 24.9. The Morgan fingerprint density at radius 2 is 1.88 bits per heavy atom. The van der Waals surface area contributed by atoms with E-state index in [2.05, 4.69) is 19.2 Å². The van der Waals surface area contributed by atoms with Gasteiger partial charge in [-0.15, -0.1) is 0 Å². The number of hydrogen-bond acceptors (Lipinski definition) is 3. The summed E-state index contributed by atoms with van der Waals surface area (Å²) in [7, 11) is 1.61. The summed E-state index contributed by atoms with van der Waals surface area (Å²) in [6.07, 6.45) is 0.762. The van der Waals surface area contributed by atoms with Crippen LogP contribution in [0.5, 0.6) is 5.75 Å². The number of carbonyl (C=O) groups is 2. The van der Waals surface area contributed by atoms with E-state index in [9.17, 15) is 9.59 Å². The number of ether oxygens (including phenoxy) is 1. The lowest BCUT2D eigenvalue weighted by atomic mass is 9.96. The standard InChI is InChI=1S/C19H30N2O4/c1-6-25-17-10-8-7-9-15(17)16(11-13(2)3)20-19(24)21(5)12-14(4)18(22)23/h7-10,13-14,16H,6,11-12H2,1-5H3,(H,20,24)(H,22,23). The number of para-hydroxylation sites is 1. The number of benzene rings is 1. The van der Waals surface area contributed by atoms with Crippen LogP contribution in [0.25, 0.3) is 0 Å². The van der Waals surface area contributed by atoms with Crippen molar-refractivity contribution >= 4 is 12.0 Å². The number of rotatable bonds is 9. The SMILES string of the molecule is CCOc1ccccc1C(CC(C)C)NC(=O)N(C)CC(C)C(=O)O. The zero-order valence-corrected chi connectivity index (χ0v) is 15.8. The third-order valence-electron chi connectivity index (χ3n) is 3.92. The highest BCUT2D eigenvalue weighted by Crippen LogP contribution is 2.29. The summed E-state index contributed by atoms with van der Waals surface area (Å²) in [6, 6.07) is 7.20. The number of carboxylic acids is 1. The maximum atomic E-state index is 12.5. The third kappa shape index (κ3) is 6.64. The van der Waals surface area contributed by atoms with Crippen molar-refractivity contribution < 1.29 is 19.4 Å². The Morgan fingerprint density at radius 1 is 1.24 bits per heavy atom. The van der Waals surface area contributed by atoms with Gasteiger partial charge in [-0.25, -0.2) is 4.79 Å². The highest BCUT2D eigenvalue weighted by atomic mass is 16.5. The van der Waals surface area contributed by atoms with Crippen molar-refractivity contribution in [1.82, 2.24) is 10.2 Å². The molecule has 6 nitrogen and oxygen atoms in total. The van der Waals surface area contributed by atoms with E-state index in [-0.39, 0.29) is 18.6 Å². The molecule has 0 saturated heterocycles. The van der Waals surface area contributed by atoms with E-state index in [1.807, 2.05) is 31.2 Å². The Balaban J connectivity index is 2.93. The lowest BCUT2D eigenvalue weighted by Gasteiger charge is -2.27. The van der Waals surface area contributed by atoms with Crippen LogP contribution >= 0.6 is 0 Å². The van der Waals surface area contributed by atoms with Gasteiger partial charge in [0.05, 0.1) is 18.6 Å². The minimum atomic E-state index is -0.917. The van der Waals surface area contributed by atoms with Gasteiger partial charge >= 0.3 is 12.0 Å². The minimum absolute atomic E-state index is 0.155. The molecule has 0 saturated carbocycles. The Hall–Kier alpha value is -2.24. The molecule has 0 spiro atoms. The predicted octanol–water partition coefficient (Wildman–Crippen LogP) is 3.53. The molecule has 25 heavy (non-hydrogen) atoms. The zero-order chi connectivity index (χ0) is 19.0. The molecule has 0 heterocycles. The first-order valence-corrected chi connectivity index (χ1v) is 8.72. The first-order valence-electron chi connectivity index (χ1n) is 8.72. The van der Waals surface area contributed by atoms with E-state index in [1.54, 1.807) is 14.0 Å². The predicted molar refractivity (Wildman–Crippen MR) is 97.8 cm³/mol. The number of carbonyl (C=O) groups excluding carboxylic acids is 1. The Morgan fingerprint density at radius 3 is 2.44 bits per heavy atom. The van der Waals surface area contributed by atoms with Crippen LogP contribution in [0.1, 0.15) is 45.7 Å². The molecule has 0 aliphatic carbocycles. The van der Waals surface area contributed by atoms with Crippen LogP contribution in [-0.2, 0) is 4.79 Å². The topological polar surface area (TPSA) is 78.9 Å². The fourth-order valence-electron chi connectivity index (χ4n) is 2.62. The van der Waals surface area contributed by atoms with Gasteiger partial charge in [0.25, 0.3) is 0 Å².